The molecule has 2 aromatic rings. The maximum Gasteiger partial charge on any atom is 0.318 e. The number of carbonyl (C=O) groups is 1. The summed E-state index contributed by atoms with van der Waals surface area (Å²) < 4.78 is 12.8. The molecule has 0 saturated heterocycles. The fourth-order valence-electron chi connectivity index (χ4n) is 2.80. The summed E-state index contributed by atoms with van der Waals surface area (Å²) in [6, 6.07) is 4.99. The molecule has 0 aliphatic carbocycles. The lowest BCUT2D eigenvalue weighted by Crippen LogP contribution is -2.42. The number of amides is 2. The normalized spacial score (nSPS) is 11.7. The van der Waals surface area contributed by atoms with E-state index >= 15 is 0 Å². The number of nitrogens with one attached hydrogen (secondary N) is 1. The predicted octanol–water partition coefficient (Wildman–Crippen LogP) is 2.58. The minimum atomic E-state index is -0.460. The Bertz CT molecular complexity index is 710. The van der Waals surface area contributed by atoms with Gasteiger partial charge in [0.1, 0.15) is 11.9 Å². The van der Waals surface area contributed by atoms with Gasteiger partial charge in [-0.05, 0) is 19.9 Å². The van der Waals surface area contributed by atoms with Crippen LogP contribution in [0.1, 0.15) is 31.3 Å². The highest BCUT2D eigenvalue weighted by Gasteiger charge is 2.27. The van der Waals surface area contributed by atoms with Crippen molar-refractivity contribution >= 4 is 6.03 Å². The van der Waals surface area contributed by atoms with E-state index in [1.165, 1.54) is 0 Å². The predicted molar refractivity (Wildman–Crippen MR) is 96.0 cm³/mol. The van der Waals surface area contributed by atoms with Crippen LogP contribution in [0.15, 0.2) is 30.6 Å². The fraction of sp³-hybridized carbons (Fsp3) is 0.444. The van der Waals surface area contributed by atoms with E-state index in [0.29, 0.717) is 30.4 Å². The SMILES string of the molecule is CCN(CC)C(=O)NC(c1cccc(OC)c1OC)c1nccn1C. The van der Waals surface area contributed by atoms with Gasteiger partial charge in [0.05, 0.1) is 14.2 Å². The number of aryl methyl sites for hydroxylation is 1. The average Bonchev–Trinajstić information content (AvgIpc) is 3.05. The van der Waals surface area contributed by atoms with Gasteiger partial charge < -0.3 is 24.3 Å². The average molecular weight is 346 g/mol. The Kier molecular flexibility index (Phi) is 6.27. The molecule has 0 saturated carbocycles. The van der Waals surface area contributed by atoms with Crippen LogP contribution in [0.5, 0.6) is 11.5 Å². The molecule has 1 aromatic heterocycles. The summed E-state index contributed by atoms with van der Waals surface area (Å²) in [6.07, 6.45) is 3.55. The van der Waals surface area contributed by atoms with Crippen LogP contribution < -0.4 is 14.8 Å². The zero-order valence-electron chi connectivity index (χ0n) is 15.4. The van der Waals surface area contributed by atoms with Gasteiger partial charge in [-0.25, -0.2) is 9.78 Å². The fourth-order valence-corrected chi connectivity index (χ4v) is 2.80. The summed E-state index contributed by atoms with van der Waals surface area (Å²) in [4.78, 5) is 18.8. The maximum atomic E-state index is 12.7. The van der Waals surface area contributed by atoms with Crippen LogP contribution in [0, 0.1) is 0 Å². The van der Waals surface area contributed by atoms with Crippen molar-refractivity contribution < 1.29 is 14.3 Å². The van der Waals surface area contributed by atoms with Gasteiger partial charge in [-0.3, -0.25) is 0 Å². The molecule has 0 bridgehead atoms. The molecule has 2 amide bonds. The molecule has 0 aliphatic rings. The number of rotatable bonds is 7. The van der Waals surface area contributed by atoms with E-state index in [1.807, 2.05) is 49.9 Å². The number of hydrogen-bond acceptors (Lipinski definition) is 4. The Morgan fingerprint density at radius 2 is 2.00 bits per heavy atom. The van der Waals surface area contributed by atoms with Crippen LogP contribution in [-0.4, -0.2) is 47.8 Å². The summed E-state index contributed by atoms with van der Waals surface area (Å²) in [7, 11) is 5.07. The number of ether oxygens (including phenoxy) is 2. The zero-order valence-corrected chi connectivity index (χ0v) is 15.4. The highest BCUT2D eigenvalue weighted by molar-refractivity contribution is 5.75. The number of para-hydroxylation sites is 1. The molecule has 7 nitrogen and oxygen atoms in total. The molecular formula is C18H26N4O3. The van der Waals surface area contributed by atoms with Crippen molar-refractivity contribution in [3.05, 3.63) is 42.0 Å². The Morgan fingerprint density at radius 3 is 2.52 bits per heavy atom. The third kappa shape index (κ3) is 3.87. The molecule has 1 aromatic carbocycles. The molecule has 0 fully saturated rings. The molecule has 0 aliphatic heterocycles. The smallest absolute Gasteiger partial charge is 0.318 e. The first-order chi connectivity index (χ1) is 12.1. The number of carbonyl (C=O) groups excluding carboxylic acids is 1. The quantitative estimate of drug-likeness (QED) is 0.837. The van der Waals surface area contributed by atoms with E-state index in [-0.39, 0.29) is 6.03 Å². The van der Waals surface area contributed by atoms with Gasteiger partial charge in [0.15, 0.2) is 11.5 Å². The lowest BCUT2D eigenvalue weighted by atomic mass is 10.0. The summed E-state index contributed by atoms with van der Waals surface area (Å²) in [5.74, 6) is 1.90. The van der Waals surface area contributed by atoms with Gasteiger partial charge in [-0.15, -0.1) is 0 Å². The van der Waals surface area contributed by atoms with Gasteiger partial charge in [0.2, 0.25) is 0 Å². The zero-order chi connectivity index (χ0) is 18.4. The van der Waals surface area contributed by atoms with Gasteiger partial charge in [0.25, 0.3) is 0 Å². The van der Waals surface area contributed by atoms with Gasteiger partial charge in [0, 0.05) is 38.1 Å². The molecule has 0 spiro atoms. The van der Waals surface area contributed by atoms with E-state index in [2.05, 4.69) is 10.3 Å². The number of methoxy groups -OCH3 is 2. The van der Waals surface area contributed by atoms with Crippen LogP contribution in [0.25, 0.3) is 0 Å². The van der Waals surface area contributed by atoms with Crippen LogP contribution >= 0.6 is 0 Å². The van der Waals surface area contributed by atoms with Gasteiger partial charge in [-0.2, -0.15) is 0 Å². The Hall–Kier alpha value is -2.70. The van der Waals surface area contributed by atoms with Crippen molar-refractivity contribution in [3.63, 3.8) is 0 Å². The second-order valence-corrected chi connectivity index (χ2v) is 5.53. The highest BCUT2D eigenvalue weighted by atomic mass is 16.5. The summed E-state index contributed by atoms with van der Waals surface area (Å²) >= 11 is 0. The van der Waals surface area contributed by atoms with Crippen molar-refractivity contribution in [1.29, 1.82) is 0 Å². The highest BCUT2D eigenvalue weighted by Crippen LogP contribution is 2.36. The molecule has 2 rings (SSSR count). The lowest BCUT2D eigenvalue weighted by Gasteiger charge is -2.26. The monoisotopic (exact) mass is 346 g/mol. The Labute approximate surface area is 148 Å². The molecule has 0 radical (unpaired) electrons. The van der Waals surface area contributed by atoms with E-state index < -0.39 is 6.04 Å². The first kappa shape index (κ1) is 18.6. The van der Waals surface area contributed by atoms with E-state index in [9.17, 15) is 4.79 Å². The van der Waals surface area contributed by atoms with E-state index in [1.54, 1.807) is 25.3 Å². The standard InChI is InChI=1S/C18H26N4O3/c1-6-22(7-2)18(23)20-15(17-19-11-12-21(17)3)13-9-8-10-14(24-4)16(13)25-5/h8-12,15H,6-7H2,1-5H3,(H,20,23). The maximum absolute atomic E-state index is 12.7. The lowest BCUT2D eigenvalue weighted by molar-refractivity contribution is 0.200. The van der Waals surface area contributed by atoms with E-state index in [4.69, 9.17) is 9.47 Å². The summed E-state index contributed by atoms with van der Waals surface area (Å²) in [5.41, 5.74) is 0.789. The number of hydrogen-bond donors (Lipinski definition) is 1. The van der Waals surface area contributed by atoms with Crippen molar-refractivity contribution in [2.75, 3.05) is 27.3 Å². The number of aromatic nitrogens is 2. The minimum absolute atomic E-state index is 0.150. The van der Waals surface area contributed by atoms with Crippen molar-refractivity contribution in [3.8, 4) is 11.5 Å². The van der Waals surface area contributed by atoms with Crippen molar-refractivity contribution in [2.24, 2.45) is 7.05 Å². The molecule has 7 heteroatoms. The summed E-state index contributed by atoms with van der Waals surface area (Å²) in [6.45, 7) is 5.16. The first-order valence-electron chi connectivity index (χ1n) is 8.30. The number of benzene rings is 1. The number of nitrogens with zero attached hydrogens (tertiary/aromatic N) is 3. The van der Waals surface area contributed by atoms with Crippen molar-refractivity contribution in [2.45, 2.75) is 19.9 Å². The Morgan fingerprint density at radius 1 is 1.28 bits per heavy atom. The number of urea groups is 1. The van der Waals surface area contributed by atoms with Crippen LogP contribution in [0.3, 0.4) is 0 Å². The molecule has 1 N–H and O–H groups in total. The molecule has 1 unspecified atom stereocenters. The topological polar surface area (TPSA) is 68.6 Å². The number of imidazole rings is 1. The second-order valence-electron chi connectivity index (χ2n) is 5.53. The van der Waals surface area contributed by atoms with Gasteiger partial charge >= 0.3 is 6.03 Å². The second kappa shape index (κ2) is 8.41. The first-order valence-corrected chi connectivity index (χ1v) is 8.30. The third-order valence-electron chi connectivity index (χ3n) is 4.18. The van der Waals surface area contributed by atoms with E-state index in [0.717, 1.165) is 5.56 Å². The van der Waals surface area contributed by atoms with Crippen LogP contribution in [-0.2, 0) is 7.05 Å². The molecule has 25 heavy (non-hydrogen) atoms. The summed E-state index contributed by atoms with van der Waals surface area (Å²) in [5, 5.41) is 3.07. The largest absolute Gasteiger partial charge is 0.493 e. The molecule has 1 atom stereocenters. The van der Waals surface area contributed by atoms with Crippen molar-refractivity contribution in [1.82, 2.24) is 19.8 Å². The van der Waals surface area contributed by atoms with Crippen LogP contribution in [0.4, 0.5) is 4.79 Å². The third-order valence-corrected chi connectivity index (χ3v) is 4.18. The molecule has 1 heterocycles. The Balaban J connectivity index is 2.50. The molecular weight excluding hydrogens is 320 g/mol. The van der Waals surface area contributed by atoms with Crippen LogP contribution in [0.2, 0.25) is 0 Å². The minimum Gasteiger partial charge on any atom is -0.493 e. The van der Waals surface area contributed by atoms with Gasteiger partial charge in [-0.1, -0.05) is 12.1 Å². The molecule has 136 valence electrons.